The maximum absolute atomic E-state index is 6.40. The number of pyridine rings is 1. The number of anilines is 1. The van der Waals surface area contributed by atoms with Gasteiger partial charge in [-0.2, -0.15) is 0 Å². The summed E-state index contributed by atoms with van der Waals surface area (Å²) < 4.78 is 1.98. The van der Waals surface area contributed by atoms with Gasteiger partial charge in [0.25, 0.3) is 0 Å². The molecule has 1 unspecified atom stereocenters. The van der Waals surface area contributed by atoms with Gasteiger partial charge in [0.15, 0.2) is 0 Å². The quantitative estimate of drug-likeness (QED) is 0.587. The third-order valence-corrected chi connectivity index (χ3v) is 5.53. The second kappa shape index (κ2) is 7.66. The van der Waals surface area contributed by atoms with Gasteiger partial charge < -0.3 is 10.3 Å². The maximum atomic E-state index is 6.40. The van der Waals surface area contributed by atoms with Gasteiger partial charge in [-0.3, -0.25) is 0 Å². The Kier molecular flexibility index (Phi) is 5.56. The van der Waals surface area contributed by atoms with Crippen molar-refractivity contribution < 1.29 is 0 Å². The van der Waals surface area contributed by atoms with E-state index in [1.54, 1.807) is 30.9 Å². The van der Waals surface area contributed by atoms with Crippen molar-refractivity contribution >= 4 is 52.3 Å². The first-order valence-electron chi connectivity index (χ1n) is 7.01. The van der Waals surface area contributed by atoms with E-state index in [0.717, 1.165) is 5.56 Å². The van der Waals surface area contributed by atoms with Crippen LogP contribution in [0.4, 0.5) is 5.69 Å². The van der Waals surface area contributed by atoms with Crippen molar-refractivity contribution in [2.75, 3.05) is 5.73 Å². The molecule has 0 saturated heterocycles. The molecule has 0 bridgehead atoms. The first-order valence-corrected chi connectivity index (χ1v) is 9.02. The Balaban J connectivity index is 1.95. The summed E-state index contributed by atoms with van der Waals surface area (Å²) in [4.78, 5) is 8.41. The lowest BCUT2D eigenvalue weighted by atomic mass is 10.1. The van der Waals surface area contributed by atoms with Gasteiger partial charge in [-0.25, -0.2) is 9.97 Å². The number of benzene rings is 1. The molecule has 2 heterocycles. The number of nitrogens with zero attached hydrogens (tertiary/aromatic N) is 3. The van der Waals surface area contributed by atoms with Gasteiger partial charge >= 0.3 is 0 Å². The number of aromatic nitrogens is 3. The maximum Gasteiger partial charge on any atom is 0.115 e. The minimum Gasteiger partial charge on any atom is -0.397 e. The fourth-order valence-electron chi connectivity index (χ4n) is 2.21. The van der Waals surface area contributed by atoms with Crippen LogP contribution in [-0.4, -0.2) is 14.5 Å². The molecular formula is C16H13Cl3N4S. The fraction of sp³-hybridized carbons (Fsp3) is 0.125. The van der Waals surface area contributed by atoms with E-state index in [-0.39, 0.29) is 5.25 Å². The zero-order chi connectivity index (χ0) is 17.1. The predicted octanol–water partition coefficient (Wildman–Crippen LogP) is 5.35. The standard InChI is InChI=1S/C16H13Cl3N4S/c17-10-1-2-12(13(18)5-10)15(8-23-4-3-21-9-23)24-16-14(19)6-11(20)7-22-16/h1-7,9,15H,8,20H2. The first-order chi connectivity index (χ1) is 11.5. The number of nitrogen functional groups attached to an aromatic ring is 1. The fourth-order valence-corrected chi connectivity index (χ4v) is 4.26. The Morgan fingerprint density at radius 2 is 2.00 bits per heavy atom. The number of rotatable bonds is 5. The van der Waals surface area contributed by atoms with E-state index in [2.05, 4.69) is 9.97 Å². The van der Waals surface area contributed by atoms with Crippen molar-refractivity contribution in [1.29, 1.82) is 0 Å². The number of imidazole rings is 1. The van der Waals surface area contributed by atoms with Crippen LogP contribution in [0.3, 0.4) is 0 Å². The highest BCUT2D eigenvalue weighted by Gasteiger charge is 2.19. The average Bonchev–Trinajstić information content (AvgIpc) is 3.02. The molecule has 0 amide bonds. The third-order valence-electron chi connectivity index (χ3n) is 3.33. The Labute approximate surface area is 159 Å². The Morgan fingerprint density at radius 3 is 2.67 bits per heavy atom. The van der Waals surface area contributed by atoms with Crippen LogP contribution < -0.4 is 5.73 Å². The average molecular weight is 400 g/mol. The number of halogens is 3. The Hall–Kier alpha value is -1.40. The van der Waals surface area contributed by atoms with Gasteiger partial charge in [-0.15, -0.1) is 0 Å². The minimum absolute atomic E-state index is 0.0161. The van der Waals surface area contributed by atoms with Crippen LogP contribution in [0.25, 0.3) is 0 Å². The summed E-state index contributed by atoms with van der Waals surface area (Å²) in [6.07, 6.45) is 6.98. The van der Waals surface area contributed by atoms with Crippen LogP contribution in [0.15, 0.2) is 54.2 Å². The zero-order valence-corrected chi connectivity index (χ0v) is 15.4. The second-order valence-electron chi connectivity index (χ2n) is 5.09. The van der Waals surface area contributed by atoms with E-state index in [1.807, 2.05) is 22.9 Å². The molecule has 0 aliphatic heterocycles. The molecule has 1 aromatic carbocycles. The highest BCUT2D eigenvalue weighted by atomic mass is 35.5. The molecule has 2 aromatic heterocycles. The van der Waals surface area contributed by atoms with Crippen LogP contribution in [0.1, 0.15) is 10.8 Å². The van der Waals surface area contributed by atoms with E-state index >= 15 is 0 Å². The summed E-state index contributed by atoms with van der Waals surface area (Å²) in [6.45, 7) is 0.661. The summed E-state index contributed by atoms with van der Waals surface area (Å²) in [5.41, 5.74) is 7.20. The van der Waals surface area contributed by atoms with Crippen LogP contribution in [0.5, 0.6) is 0 Å². The molecule has 3 aromatic rings. The highest BCUT2D eigenvalue weighted by Crippen LogP contribution is 2.42. The predicted molar refractivity (Wildman–Crippen MR) is 101 cm³/mol. The molecule has 0 radical (unpaired) electrons. The molecule has 1 atom stereocenters. The van der Waals surface area contributed by atoms with E-state index in [4.69, 9.17) is 40.5 Å². The number of nitrogens with two attached hydrogens (primary N) is 1. The summed E-state index contributed by atoms with van der Waals surface area (Å²) in [5.74, 6) is 0. The van der Waals surface area contributed by atoms with Crippen molar-refractivity contribution in [3.63, 3.8) is 0 Å². The van der Waals surface area contributed by atoms with Gasteiger partial charge in [-0.1, -0.05) is 52.6 Å². The van der Waals surface area contributed by atoms with Crippen molar-refractivity contribution in [3.8, 4) is 0 Å². The lowest BCUT2D eigenvalue weighted by Gasteiger charge is -2.19. The molecule has 0 aliphatic rings. The van der Waals surface area contributed by atoms with Crippen LogP contribution in [0.2, 0.25) is 15.1 Å². The highest BCUT2D eigenvalue weighted by molar-refractivity contribution is 7.99. The lowest BCUT2D eigenvalue weighted by Crippen LogP contribution is -2.06. The molecule has 8 heteroatoms. The van der Waals surface area contributed by atoms with Gasteiger partial charge in [0.2, 0.25) is 0 Å². The summed E-state index contributed by atoms with van der Waals surface area (Å²) >= 11 is 20.2. The first kappa shape index (κ1) is 17.4. The molecule has 0 saturated carbocycles. The summed E-state index contributed by atoms with van der Waals surface area (Å²) in [5, 5.41) is 2.39. The SMILES string of the molecule is Nc1cnc(SC(Cn2ccnc2)c2ccc(Cl)cc2Cl)c(Cl)c1. The molecule has 3 rings (SSSR count). The topological polar surface area (TPSA) is 56.7 Å². The van der Waals surface area contributed by atoms with E-state index in [9.17, 15) is 0 Å². The number of thioether (sulfide) groups is 1. The van der Waals surface area contributed by atoms with Crippen molar-refractivity contribution in [2.24, 2.45) is 0 Å². The van der Waals surface area contributed by atoms with E-state index in [1.165, 1.54) is 11.8 Å². The van der Waals surface area contributed by atoms with Gasteiger partial charge in [-0.05, 0) is 23.8 Å². The normalized spacial score (nSPS) is 12.3. The minimum atomic E-state index is -0.0161. The van der Waals surface area contributed by atoms with Crippen LogP contribution in [-0.2, 0) is 6.54 Å². The largest absolute Gasteiger partial charge is 0.397 e. The Bertz CT molecular complexity index is 839. The molecule has 0 aliphatic carbocycles. The van der Waals surface area contributed by atoms with Crippen molar-refractivity contribution in [1.82, 2.24) is 14.5 Å². The van der Waals surface area contributed by atoms with E-state index < -0.39 is 0 Å². The summed E-state index contributed by atoms with van der Waals surface area (Å²) in [7, 11) is 0. The Morgan fingerprint density at radius 1 is 1.17 bits per heavy atom. The molecule has 0 fully saturated rings. The van der Waals surface area contributed by atoms with Gasteiger partial charge in [0.05, 0.1) is 28.5 Å². The molecule has 0 spiro atoms. The van der Waals surface area contributed by atoms with Crippen molar-refractivity contribution in [3.05, 3.63) is 69.8 Å². The lowest BCUT2D eigenvalue weighted by molar-refractivity contribution is 0.682. The smallest absolute Gasteiger partial charge is 0.115 e. The van der Waals surface area contributed by atoms with Crippen LogP contribution in [0, 0.1) is 0 Å². The molecule has 124 valence electrons. The summed E-state index contributed by atoms with van der Waals surface area (Å²) in [6, 6.07) is 7.17. The number of hydrogen-bond acceptors (Lipinski definition) is 4. The third kappa shape index (κ3) is 4.16. The zero-order valence-electron chi connectivity index (χ0n) is 12.4. The van der Waals surface area contributed by atoms with Crippen molar-refractivity contribution in [2.45, 2.75) is 16.8 Å². The molecule has 4 nitrogen and oxygen atoms in total. The second-order valence-corrected chi connectivity index (χ2v) is 7.53. The van der Waals surface area contributed by atoms with Gasteiger partial charge in [0.1, 0.15) is 5.03 Å². The molecule has 24 heavy (non-hydrogen) atoms. The van der Waals surface area contributed by atoms with Crippen LogP contribution >= 0.6 is 46.6 Å². The molecule has 2 N–H and O–H groups in total. The monoisotopic (exact) mass is 398 g/mol. The molecular weight excluding hydrogens is 387 g/mol. The number of hydrogen-bond donors (Lipinski definition) is 1. The van der Waals surface area contributed by atoms with Gasteiger partial charge in [0, 0.05) is 29.0 Å². The van der Waals surface area contributed by atoms with E-state index in [0.29, 0.717) is 32.3 Å².